The van der Waals surface area contributed by atoms with Crippen molar-refractivity contribution in [1.82, 2.24) is 9.97 Å². The van der Waals surface area contributed by atoms with Gasteiger partial charge >= 0.3 is 0 Å². The van der Waals surface area contributed by atoms with Gasteiger partial charge in [-0.25, -0.2) is 4.98 Å². The molecule has 0 aliphatic carbocycles. The van der Waals surface area contributed by atoms with Gasteiger partial charge in [0.05, 0.1) is 12.3 Å². The molecule has 0 fully saturated rings. The molecule has 0 atom stereocenters. The van der Waals surface area contributed by atoms with Gasteiger partial charge in [0.1, 0.15) is 5.75 Å². The average Bonchev–Trinajstić information content (AvgIpc) is 3.38. The van der Waals surface area contributed by atoms with E-state index in [1.807, 2.05) is 35.8 Å². The molecule has 0 bridgehead atoms. The molecule has 30 heavy (non-hydrogen) atoms. The molecule has 1 amide bonds. The largest absolute Gasteiger partial charge is 0.494 e. The smallest absolute Gasteiger partial charge is 0.226 e. The van der Waals surface area contributed by atoms with Gasteiger partial charge in [-0.1, -0.05) is 18.2 Å². The molecular weight excluding hydrogens is 398 g/mol. The van der Waals surface area contributed by atoms with Gasteiger partial charge in [-0.2, -0.15) is 0 Å². The molecular formula is C23H21N3O3S. The third kappa shape index (κ3) is 4.58. The predicted molar refractivity (Wildman–Crippen MR) is 119 cm³/mol. The minimum atomic E-state index is -0.0923. The number of carbonyl (C=O) groups excluding carboxylic acids is 2. The Bertz CT molecular complexity index is 1180. The number of benzene rings is 2. The number of thiazole rings is 1. The summed E-state index contributed by atoms with van der Waals surface area (Å²) < 4.78 is 5.63. The van der Waals surface area contributed by atoms with Crippen LogP contribution in [0.5, 0.6) is 5.75 Å². The first-order valence-corrected chi connectivity index (χ1v) is 10.5. The van der Waals surface area contributed by atoms with Gasteiger partial charge in [0.25, 0.3) is 0 Å². The van der Waals surface area contributed by atoms with E-state index in [0.717, 1.165) is 22.2 Å². The summed E-state index contributed by atoms with van der Waals surface area (Å²) >= 11 is 1.41. The van der Waals surface area contributed by atoms with Crippen LogP contribution in [0, 0.1) is 0 Å². The first kappa shape index (κ1) is 19.8. The molecule has 0 radical (unpaired) electrons. The lowest BCUT2D eigenvalue weighted by Gasteiger charge is -2.06. The number of hydrogen-bond donors (Lipinski definition) is 2. The molecule has 2 aromatic carbocycles. The van der Waals surface area contributed by atoms with Crippen molar-refractivity contribution in [3.8, 4) is 17.0 Å². The number of aromatic amines is 1. The number of ketones is 1. The molecule has 4 rings (SSSR count). The van der Waals surface area contributed by atoms with Crippen molar-refractivity contribution >= 4 is 39.1 Å². The number of anilines is 1. The summed E-state index contributed by atoms with van der Waals surface area (Å²) in [6, 6.07) is 15.0. The zero-order chi connectivity index (χ0) is 20.9. The maximum atomic E-state index is 12.2. The fourth-order valence-corrected chi connectivity index (χ4v) is 3.86. The normalized spacial score (nSPS) is 10.8. The second-order valence-electron chi connectivity index (χ2n) is 6.87. The van der Waals surface area contributed by atoms with Gasteiger partial charge in [0.2, 0.25) is 5.91 Å². The highest BCUT2D eigenvalue weighted by Crippen LogP contribution is 2.30. The minimum absolute atomic E-state index is 0.0215. The highest BCUT2D eigenvalue weighted by Gasteiger charge is 2.11. The lowest BCUT2D eigenvalue weighted by Crippen LogP contribution is -2.12. The van der Waals surface area contributed by atoms with Crippen LogP contribution in [0.15, 0.2) is 60.1 Å². The molecule has 0 saturated heterocycles. The van der Waals surface area contributed by atoms with E-state index in [-0.39, 0.29) is 11.7 Å². The van der Waals surface area contributed by atoms with E-state index in [1.165, 1.54) is 18.3 Å². The van der Waals surface area contributed by atoms with E-state index in [4.69, 9.17) is 4.74 Å². The molecule has 0 unspecified atom stereocenters. The Hall–Kier alpha value is -3.45. The Balaban J connectivity index is 1.26. The Morgan fingerprint density at radius 1 is 1.13 bits per heavy atom. The van der Waals surface area contributed by atoms with Gasteiger partial charge in [-0.3, -0.25) is 9.59 Å². The third-order valence-electron chi connectivity index (χ3n) is 4.69. The van der Waals surface area contributed by atoms with Crippen molar-refractivity contribution < 1.29 is 14.3 Å². The fourth-order valence-electron chi connectivity index (χ4n) is 3.13. The molecule has 0 aliphatic rings. The number of H-pyrrole nitrogens is 1. The van der Waals surface area contributed by atoms with Crippen molar-refractivity contribution in [2.75, 3.05) is 11.9 Å². The van der Waals surface area contributed by atoms with E-state index in [2.05, 4.69) is 15.3 Å². The Kier molecular flexibility index (Phi) is 5.90. The Morgan fingerprint density at radius 3 is 2.73 bits per heavy atom. The maximum absolute atomic E-state index is 12.2. The van der Waals surface area contributed by atoms with Crippen LogP contribution in [0.1, 0.15) is 30.1 Å². The Labute approximate surface area is 177 Å². The number of rotatable bonds is 8. The van der Waals surface area contributed by atoms with Gasteiger partial charge < -0.3 is 15.0 Å². The van der Waals surface area contributed by atoms with Crippen LogP contribution in [-0.2, 0) is 4.79 Å². The van der Waals surface area contributed by atoms with E-state index < -0.39 is 0 Å². The van der Waals surface area contributed by atoms with Crippen molar-refractivity contribution in [2.24, 2.45) is 0 Å². The average molecular weight is 420 g/mol. The van der Waals surface area contributed by atoms with Gasteiger partial charge in [-0.15, -0.1) is 11.3 Å². The standard InChI is InChI=1S/C23H21N3O3S/c1-15(27)16-8-10-17(11-9-16)29-12-4-7-22(28)26-23-25-21(14-30-23)19-13-24-20-6-3-2-5-18(19)20/h2-3,5-6,8-11,13-14,24H,4,7,12H2,1H3,(H,25,26,28). The van der Waals surface area contributed by atoms with Crippen LogP contribution < -0.4 is 10.1 Å². The number of fused-ring (bicyclic) bond motifs is 1. The molecule has 0 spiro atoms. The Morgan fingerprint density at radius 2 is 1.93 bits per heavy atom. The van der Waals surface area contributed by atoms with Crippen LogP contribution in [0.4, 0.5) is 5.13 Å². The molecule has 0 aliphatic heterocycles. The van der Waals surface area contributed by atoms with Gasteiger partial charge in [-0.05, 0) is 43.7 Å². The summed E-state index contributed by atoms with van der Waals surface area (Å²) in [5.74, 6) is 0.613. The molecule has 7 heteroatoms. The van der Waals surface area contributed by atoms with Crippen molar-refractivity contribution in [3.05, 3.63) is 65.7 Å². The topological polar surface area (TPSA) is 84.1 Å². The van der Waals surface area contributed by atoms with Gasteiger partial charge in [0, 0.05) is 40.0 Å². The van der Waals surface area contributed by atoms with E-state index in [0.29, 0.717) is 35.9 Å². The van der Waals surface area contributed by atoms with Crippen LogP contribution in [0.2, 0.25) is 0 Å². The van der Waals surface area contributed by atoms with Crippen molar-refractivity contribution in [1.29, 1.82) is 0 Å². The van der Waals surface area contributed by atoms with Gasteiger partial charge in [0.15, 0.2) is 10.9 Å². The van der Waals surface area contributed by atoms with Crippen LogP contribution in [0.3, 0.4) is 0 Å². The summed E-state index contributed by atoms with van der Waals surface area (Å²) in [6.45, 7) is 1.95. The highest BCUT2D eigenvalue weighted by atomic mass is 32.1. The number of amides is 1. The zero-order valence-corrected chi connectivity index (χ0v) is 17.3. The number of para-hydroxylation sites is 1. The summed E-state index contributed by atoms with van der Waals surface area (Å²) in [7, 11) is 0. The molecule has 0 saturated carbocycles. The number of nitrogens with zero attached hydrogens (tertiary/aromatic N) is 1. The lowest BCUT2D eigenvalue weighted by molar-refractivity contribution is -0.116. The number of nitrogens with one attached hydrogen (secondary N) is 2. The number of carbonyl (C=O) groups is 2. The number of hydrogen-bond acceptors (Lipinski definition) is 5. The summed E-state index contributed by atoms with van der Waals surface area (Å²) in [5.41, 5.74) is 3.57. The number of ether oxygens (including phenoxy) is 1. The molecule has 6 nitrogen and oxygen atoms in total. The minimum Gasteiger partial charge on any atom is -0.494 e. The summed E-state index contributed by atoms with van der Waals surface area (Å²) in [6.07, 6.45) is 2.86. The number of aromatic nitrogens is 2. The van der Waals surface area contributed by atoms with E-state index in [9.17, 15) is 9.59 Å². The molecule has 4 aromatic rings. The van der Waals surface area contributed by atoms with E-state index >= 15 is 0 Å². The summed E-state index contributed by atoms with van der Waals surface area (Å²) in [5, 5.41) is 6.49. The van der Waals surface area contributed by atoms with Crippen LogP contribution >= 0.6 is 11.3 Å². The SMILES string of the molecule is CC(=O)c1ccc(OCCCC(=O)Nc2nc(-c3c[nH]c4ccccc34)cs2)cc1. The van der Waals surface area contributed by atoms with Crippen LogP contribution in [-0.4, -0.2) is 28.3 Å². The van der Waals surface area contributed by atoms with Crippen molar-refractivity contribution in [3.63, 3.8) is 0 Å². The lowest BCUT2D eigenvalue weighted by atomic mass is 10.1. The molecule has 2 heterocycles. The molecule has 2 aromatic heterocycles. The second-order valence-corrected chi connectivity index (χ2v) is 7.72. The second kappa shape index (κ2) is 8.92. The number of Topliss-reactive ketones (excluding diaryl/α,β-unsaturated/α-hetero) is 1. The van der Waals surface area contributed by atoms with E-state index in [1.54, 1.807) is 24.3 Å². The monoisotopic (exact) mass is 419 g/mol. The zero-order valence-electron chi connectivity index (χ0n) is 16.5. The molecule has 2 N–H and O–H groups in total. The first-order chi connectivity index (χ1) is 14.6. The fraction of sp³-hybridized carbons (Fsp3) is 0.174. The van der Waals surface area contributed by atoms with Crippen molar-refractivity contribution in [2.45, 2.75) is 19.8 Å². The highest BCUT2D eigenvalue weighted by molar-refractivity contribution is 7.14. The quantitative estimate of drug-likeness (QED) is 0.300. The first-order valence-electron chi connectivity index (χ1n) is 9.66. The summed E-state index contributed by atoms with van der Waals surface area (Å²) in [4.78, 5) is 31.3. The predicted octanol–water partition coefficient (Wildman–Crippen LogP) is 5.29. The maximum Gasteiger partial charge on any atom is 0.226 e. The molecule has 152 valence electrons. The third-order valence-corrected chi connectivity index (χ3v) is 5.45. The van der Waals surface area contributed by atoms with Crippen LogP contribution in [0.25, 0.3) is 22.2 Å².